The molecule has 310 valence electrons. The minimum absolute atomic E-state index is 0.0931. The number of carbonyl (C=O) groups excluding carboxylic acids is 4. The van der Waals surface area contributed by atoms with Gasteiger partial charge in [-0.05, 0) is 56.0 Å². The van der Waals surface area contributed by atoms with Crippen LogP contribution in [-0.4, -0.2) is 109 Å². The van der Waals surface area contributed by atoms with Gasteiger partial charge in [-0.1, -0.05) is 19.0 Å². The topological polar surface area (TPSA) is 256 Å². The molecule has 0 aliphatic heterocycles. The Balaban J connectivity index is 1.44. The third-order valence-corrected chi connectivity index (χ3v) is 7.81. The first-order valence-electron chi connectivity index (χ1n) is 18.1. The number of azide groups is 1. The second kappa shape index (κ2) is 23.4. The summed E-state index contributed by atoms with van der Waals surface area (Å²) in [6.45, 7) is 7.55. The number of amides is 4. The fraction of sp³-hybridized carbons (Fsp3) is 0.543. The van der Waals surface area contributed by atoms with E-state index < -0.39 is 48.0 Å². The zero-order chi connectivity index (χ0) is 41.8. The summed E-state index contributed by atoms with van der Waals surface area (Å²) >= 11 is 0. The molecule has 2 aromatic heterocycles. The second-order valence-corrected chi connectivity index (χ2v) is 12.8. The molecular weight excluding hydrogens is 759 g/mol. The molecule has 4 N–H and O–H groups in total. The molecule has 2 heterocycles. The van der Waals surface area contributed by atoms with Crippen molar-refractivity contribution in [3.8, 4) is 0 Å². The van der Waals surface area contributed by atoms with E-state index in [1.807, 2.05) is 0 Å². The molecule has 0 aliphatic rings. The van der Waals surface area contributed by atoms with Crippen molar-refractivity contribution < 1.29 is 46.6 Å². The predicted molar refractivity (Wildman–Crippen MR) is 200 cm³/mol. The van der Waals surface area contributed by atoms with E-state index in [-0.39, 0.29) is 46.4 Å². The summed E-state index contributed by atoms with van der Waals surface area (Å²) in [5.74, 6) is -4.00. The lowest BCUT2D eigenvalue weighted by molar-refractivity contribution is -0.170. The zero-order valence-corrected chi connectivity index (χ0v) is 31.8. The van der Waals surface area contributed by atoms with Crippen LogP contribution < -0.4 is 26.4 Å². The van der Waals surface area contributed by atoms with Gasteiger partial charge in [0, 0.05) is 60.8 Å². The lowest BCUT2D eigenvalue weighted by Crippen LogP contribution is -2.41. The van der Waals surface area contributed by atoms with Gasteiger partial charge in [0.25, 0.3) is 11.5 Å². The third-order valence-electron chi connectivity index (χ3n) is 7.81. The van der Waals surface area contributed by atoms with Crippen LogP contribution in [0.2, 0.25) is 0 Å². The molecular formula is C35H46F3N11O8. The molecule has 1 aromatic carbocycles. The SMILES string of the molecule is CC(C)C(=O)Nc1nc2ncc(CN(C(=O)C(F)(F)F)c3ccc(C(=O)N[C@H](C)CCC(=O)NCCCOCCOCCOCCCN=[N+]=[N-])cc3)nc2c(=O)[nH]1. The Labute approximate surface area is 325 Å². The van der Waals surface area contributed by atoms with Crippen LogP contribution in [0.3, 0.4) is 0 Å². The summed E-state index contributed by atoms with van der Waals surface area (Å²) in [6.07, 6.45) is -2.55. The van der Waals surface area contributed by atoms with Crippen LogP contribution in [0, 0.1) is 5.92 Å². The number of hydrogen-bond acceptors (Lipinski definition) is 12. The first-order valence-corrected chi connectivity index (χ1v) is 18.1. The molecule has 0 bridgehead atoms. The van der Waals surface area contributed by atoms with E-state index in [0.717, 1.165) is 18.3 Å². The molecule has 19 nitrogen and oxygen atoms in total. The molecule has 0 spiro atoms. The number of alkyl halides is 3. The van der Waals surface area contributed by atoms with Crippen molar-refractivity contribution in [2.24, 2.45) is 11.0 Å². The number of aromatic amines is 1. The van der Waals surface area contributed by atoms with Gasteiger partial charge >= 0.3 is 12.1 Å². The van der Waals surface area contributed by atoms with E-state index in [2.05, 4.69) is 45.9 Å². The van der Waals surface area contributed by atoms with E-state index in [9.17, 15) is 37.1 Å². The number of hydrogen-bond donors (Lipinski definition) is 4. The highest BCUT2D eigenvalue weighted by Gasteiger charge is 2.43. The first kappa shape index (κ1) is 45.7. The monoisotopic (exact) mass is 805 g/mol. The quantitative estimate of drug-likeness (QED) is 0.0441. The number of aromatic nitrogens is 4. The van der Waals surface area contributed by atoms with Crippen LogP contribution in [-0.2, 0) is 35.1 Å². The van der Waals surface area contributed by atoms with Gasteiger partial charge in [0.15, 0.2) is 11.2 Å². The van der Waals surface area contributed by atoms with Gasteiger partial charge in [-0.15, -0.1) is 0 Å². The lowest BCUT2D eigenvalue weighted by Gasteiger charge is -2.24. The Morgan fingerprint density at radius 2 is 1.61 bits per heavy atom. The number of halogens is 3. The summed E-state index contributed by atoms with van der Waals surface area (Å²) in [7, 11) is 0. The van der Waals surface area contributed by atoms with E-state index in [1.165, 1.54) is 12.1 Å². The number of rotatable bonds is 24. The molecule has 0 saturated heterocycles. The summed E-state index contributed by atoms with van der Waals surface area (Å²) in [5.41, 5.74) is 6.58. The average Bonchev–Trinajstić information content (AvgIpc) is 3.17. The van der Waals surface area contributed by atoms with Gasteiger partial charge in [0.2, 0.25) is 17.8 Å². The zero-order valence-electron chi connectivity index (χ0n) is 31.8. The van der Waals surface area contributed by atoms with E-state index >= 15 is 0 Å². The molecule has 22 heteroatoms. The number of nitrogens with one attached hydrogen (secondary N) is 4. The summed E-state index contributed by atoms with van der Waals surface area (Å²) < 4.78 is 57.2. The Morgan fingerprint density at radius 1 is 0.965 bits per heavy atom. The van der Waals surface area contributed by atoms with Crippen LogP contribution in [0.25, 0.3) is 21.6 Å². The largest absolute Gasteiger partial charge is 0.471 e. The van der Waals surface area contributed by atoms with Crippen LogP contribution in [0.5, 0.6) is 0 Å². The van der Waals surface area contributed by atoms with Crippen LogP contribution in [0.4, 0.5) is 24.8 Å². The Kier molecular flexibility index (Phi) is 18.7. The molecule has 0 radical (unpaired) electrons. The molecule has 0 unspecified atom stereocenters. The molecule has 3 aromatic rings. The number of fused-ring (bicyclic) bond motifs is 1. The molecule has 0 saturated carbocycles. The van der Waals surface area contributed by atoms with Crippen molar-refractivity contribution in [1.29, 1.82) is 0 Å². The maximum absolute atomic E-state index is 13.7. The first-order chi connectivity index (χ1) is 27.2. The fourth-order valence-corrected chi connectivity index (χ4v) is 4.78. The van der Waals surface area contributed by atoms with Crippen LogP contribution >= 0.6 is 0 Å². The van der Waals surface area contributed by atoms with Crippen LogP contribution in [0.15, 0.2) is 40.4 Å². The number of anilines is 2. The van der Waals surface area contributed by atoms with Crippen molar-refractivity contribution >= 4 is 46.4 Å². The minimum atomic E-state index is -5.28. The van der Waals surface area contributed by atoms with Crippen molar-refractivity contribution in [3.05, 3.63) is 62.5 Å². The van der Waals surface area contributed by atoms with Gasteiger partial charge in [-0.3, -0.25) is 39.2 Å². The highest BCUT2D eigenvalue weighted by Crippen LogP contribution is 2.26. The van der Waals surface area contributed by atoms with Gasteiger partial charge in [0.05, 0.1) is 44.9 Å². The Morgan fingerprint density at radius 3 is 2.25 bits per heavy atom. The minimum Gasteiger partial charge on any atom is -0.379 e. The van der Waals surface area contributed by atoms with Crippen molar-refractivity contribution in [2.45, 2.75) is 65.2 Å². The molecule has 57 heavy (non-hydrogen) atoms. The number of carbonyl (C=O) groups is 4. The molecule has 3 rings (SSSR count). The van der Waals surface area contributed by atoms with Crippen molar-refractivity contribution in [1.82, 2.24) is 30.6 Å². The highest BCUT2D eigenvalue weighted by atomic mass is 19.4. The second-order valence-electron chi connectivity index (χ2n) is 12.8. The van der Waals surface area contributed by atoms with E-state index in [4.69, 9.17) is 19.7 Å². The van der Waals surface area contributed by atoms with E-state index in [1.54, 1.807) is 20.8 Å². The normalized spacial score (nSPS) is 11.8. The van der Waals surface area contributed by atoms with Crippen molar-refractivity contribution in [2.75, 3.05) is 62.9 Å². The molecule has 4 amide bonds. The standard InChI is InChI=1S/C35H46F3N11O8/c1-22(2)30(51)46-34-45-29-28(32(53)47-34)44-25(20-41-29)21-49(33(54)35(36,37)38)26-9-7-24(8-10-26)31(52)43-23(3)6-11-27(50)40-12-4-14-55-16-18-57-19-17-56-15-5-13-42-48-39/h7-10,20,22-23H,4-6,11-19,21H2,1-3H3,(H,40,50)(H,43,52)(H2,41,45,46,47,51,53)/t23-/m1/s1. The molecule has 1 atom stereocenters. The predicted octanol–water partition coefficient (Wildman–Crippen LogP) is 3.56. The van der Waals surface area contributed by atoms with Gasteiger partial charge < -0.3 is 24.8 Å². The Hall–Kier alpha value is -5.70. The maximum atomic E-state index is 13.7. The fourth-order valence-electron chi connectivity index (χ4n) is 4.78. The Bertz CT molecular complexity index is 1910. The highest BCUT2D eigenvalue weighted by molar-refractivity contribution is 5.99. The third kappa shape index (κ3) is 16.1. The van der Waals surface area contributed by atoms with Crippen molar-refractivity contribution in [3.63, 3.8) is 0 Å². The molecule has 0 aliphatic carbocycles. The summed E-state index contributed by atoms with van der Waals surface area (Å²) in [4.78, 5) is 79.7. The smallest absolute Gasteiger partial charge is 0.379 e. The summed E-state index contributed by atoms with van der Waals surface area (Å²) in [6, 6.07) is 4.39. The number of nitrogens with zero attached hydrogens (tertiary/aromatic N) is 7. The van der Waals surface area contributed by atoms with Gasteiger partial charge in [-0.25, -0.2) is 9.97 Å². The number of ether oxygens (including phenoxy) is 3. The van der Waals surface area contributed by atoms with Crippen LogP contribution in [0.1, 0.15) is 62.5 Å². The number of H-pyrrole nitrogens is 1. The lowest BCUT2D eigenvalue weighted by atomic mass is 10.1. The maximum Gasteiger partial charge on any atom is 0.471 e. The van der Waals surface area contributed by atoms with E-state index in [0.29, 0.717) is 76.9 Å². The van der Waals surface area contributed by atoms with Gasteiger partial charge in [-0.2, -0.15) is 18.2 Å². The molecule has 0 fully saturated rings. The average molecular weight is 806 g/mol. The number of benzene rings is 1. The van der Waals surface area contributed by atoms with Gasteiger partial charge in [0.1, 0.15) is 0 Å². The summed E-state index contributed by atoms with van der Waals surface area (Å²) in [5, 5.41) is 11.4.